The van der Waals surface area contributed by atoms with Gasteiger partial charge < -0.3 is 39.0 Å². The zero-order valence-electron chi connectivity index (χ0n) is 31.4. The molecular formula is C39H33Cl2F4N8O5PS2. The van der Waals surface area contributed by atoms with Gasteiger partial charge in [0.15, 0.2) is 9.54 Å². The van der Waals surface area contributed by atoms with E-state index in [4.69, 9.17) is 73.1 Å². The first kappa shape index (κ1) is 45.1. The number of H-pyrrole nitrogens is 2. The lowest BCUT2D eigenvalue weighted by Crippen LogP contribution is -2.08. The second-order valence-corrected chi connectivity index (χ2v) is 16.5. The number of azide groups is 1. The minimum Gasteiger partial charge on any atom is -0.481 e. The molecule has 6 aromatic rings. The SMILES string of the molecule is NCc1[nH]c(=S)n2c1C[C@@H](c1c(F)ccc(Cl)c1F)C2.O=C(O)Cc1[nH]c(=S)n2c1C[C@@H](c1c(F)ccc(Cl)c1F)C2.[N-]=[N+]=NP(=O)(Oc1ccccc1)Oc1ccccc1. The van der Waals surface area contributed by atoms with Crippen LogP contribution in [0.15, 0.2) is 89.8 Å². The van der Waals surface area contributed by atoms with E-state index in [-0.39, 0.29) is 33.5 Å². The van der Waals surface area contributed by atoms with Gasteiger partial charge in [-0.3, -0.25) is 4.79 Å². The molecule has 0 fully saturated rings. The highest BCUT2D eigenvalue weighted by Crippen LogP contribution is 2.50. The first-order valence-electron chi connectivity index (χ1n) is 18.1. The van der Waals surface area contributed by atoms with Gasteiger partial charge in [0.25, 0.3) is 0 Å². The number of aromatic nitrogens is 4. The molecule has 13 nitrogen and oxygen atoms in total. The lowest BCUT2D eigenvalue weighted by Gasteiger charge is -2.14. The fourth-order valence-electron chi connectivity index (χ4n) is 7.02. The van der Waals surface area contributed by atoms with Crippen molar-refractivity contribution in [1.29, 1.82) is 0 Å². The summed E-state index contributed by atoms with van der Waals surface area (Å²) in [6.45, 7) is 1.04. The van der Waals surface area contributed by atoms with Gasteiger partial charge in [-0.2, -0.15) is 0 Å². The number of imidazole rings is 2. The fourth-order valence-corrected chi connectivity index (χ4v) is 8.95. The summed E-state index contributed by atoms with van der Waals surface area (Å²) < 4.78 is 83.2. The predicted octanol–water partition coefficient (Wildman–Crippen LogP) is 11.3. The highest BCUT2D eigenvalue weighted by molar-refractivity contribution is 7.71. The Balaban J connectivity index is 0.000000154. The Bertz CT molecular complexity index is 2760. The lowest BCUT2D eigenvalue weighted by atomic mass is 9.95. The van der Waals surface area contributed by atoms with Crippen LogP contribution < -0.4 is 14.8 Å². The number of para-hydroxylation sites is 2. The molecule has 4 aromatic carbocycles. The molecule has 0 aliphatic carbocycles. The monoisotopic (exact) mass is 934 g/mol. The summed E-state index contributed by atoms with van der Waals surface area (Å²) in [6.07, 6.45) is 0.594. The Kier molecular flexibility index (Phi) is 14.5. The molecule has 0 radical (unpaired) electrons. The van der Waals surface area contributed by atoms with Gasteiger partial charge in [0.1, 0.15) is 34.8 Å². The minimum atomic E-state index is -3.95. The molecule has 2 aliphatic rings. The van der Waals surface area contributed by atoms with Crippen molar-refractivity contribution in [3.05, 3.63) is 172 Å². The van der Waals surface area contributed by atoms with Crippen LogP contribution in [0.5, 0.6) is 11.5 Å². The van der Waals surface area contributed by atoms with Crippen LogP contribution >= 0.6 is 55.4 Å². The van der Waals surface area contributed by atoms with Gasteiger partial charge in [-0.15, -0.1) is 0 Å². The van der Waals surface area contributed by atoms with Crippen molar-refractivity contribution in [2.24, 2.45) is 10.6 Å². The number of carbonyl (C=O) groups is 1. The number of nitrogens with one attached hydrogen (secondary N) is 2. The Hall–Kier alpha value is -5.39. The van der Waals surface area contributed by atoms with Gasteiger partial charge in [-0.1, -0.05) is 59.6 Å². The second kappa shape index (κ2) is 19.5. The lowest BCUT2D eigenvalue weighted by molar-refractivity contribution is -0.136. The number of carboxylic acids is 1. The Morgan fingerprint density at radius 1 is 0.803 bits per heavy atom. The number of nitrogens with zero attached hydrogens (tertiary/aromatic N) is 5. The van der Waals surface area contributed by atoms with Crippen LogP contribution in [0.2, 0.25) is 10.0 Å². The minimum absolute atomic E-state index is 0.0265. The molecule has 22 heteroatoms. The Morgan fingerprint density at radius 3 is 1.64 bits per heavy atom. The zero-order chi connectivity index (χ0) is 44.0. The molecule has 2 aliphatic heterocycles. The maximum Gasteiger partial charge on any atom is 0.525 e. The molecular weight excluding hydrogens is 902 g/mol. The van der Waals surface area contributed by atoms with Gasteiger partial charge >= 0.3 is 13.7 Å². The molecule has 61 heavy (non-hydrogen) atoms. The third kappa shape index (κ3) is 10.4. The highest BCUT2D eigenvalue weighted by atomic mass is 35.5. The van der Waals surface area contributed by atoms with E-state index in [9.17, 15) is 26.9 Å². The number of hydrogen-bond acceptors (Lipinski definition) is 7. The van der Waals surface area contributed by atoms with Crippen LogP contribution in [0.3, 0.4) is 0 Å². The third-order valence-corrected chi connectivity index (χ3v) is 12.0. The average Bonchev–Trinajstić information content (AvgIpc) is 3.99. The summed E-state index contributed by atoms with van der Waals surface area (Å²) in [5, 5.41) is 8.71. The summed E-state index contributed by atoms with van der Waals surface area (Å²) in [4.78, 5) is 22.4. The molecule has 8 rings (SSSR count). The normalized spacial score (nSPS) is 15.0. The largest absolute Gasteiger partial charge is 0.525 e. The maximum absolute atomic E-state index is 14.1. The van der Waals surface area contributed by atoms with Crippen LogP contribution in [0, 0.1) is 32.8 Å². The third-order valence-electron chi connectivity index (χ3n) is 9.62. The molecule has 2 atom stereocenters. The topological polar surface area (TPSA) is 189 Å². The molecule has 0 spiro atoms. The summed E-state index contributed by atoms with van der Waals surface area (Å²) in [5.41, 5.74) is 17.0. The number of hydrogen-bond donors (Lipinski definition) is 4. The summed E-state index contributed by atoms with van der Waals surface area (Å²) in [5.74, 6) is -3.87. The van der Waals surface area contributed by atoms with Crippen molar-refractivity contribution in [3.63, 3.8) is 0 Å². The van der Waals surface area contributed by atoms with E-state index in [0.717, 1.165) is 17.5 Å². The van der Waals surface area contributed by atoms with E-state index in [2.05, 4.69) is 19.8 Å². The van der Waals surface area contributed by atoms with Gasteiger partial charge in [0.05, 0.1) is 22.2 Å². The average molecular weight is 936 g/mol. The summed E-state index contributed by atoms with van der Waals surface area (Å²) in [7, 11) is -3.95. The first-order valence-corrected chi connectivity index (χ1v) is 21.1. The van der Waals surface area contributed by atoms with Crippen molar-refractivity contribution >= 4 is 61.4 Å². The van der Waals surface area contributed by atoms with E-state index in [1.807, 2.05) is 4.57 Å². The van der Waals surface area contributed by atoms with E-state index in [0.29, 0.717) is 64.9 Å². The molecule has 0 amide bonds. The molecule has 318 valence electrons. The van der Waals surface area contributed by atoms with E-state index in [1.54, 1.807) is 65.2 Å². The maximum atomic E-state index is 14.1. The van der Waals surface area contributed by atoms with Gasteiger partial charge in [-0.05, 0) is 91.3 Å². The van der Waals surface area contributed by atoms with Crippen LogP contribution in [-0.2, 0) is 48.3 Å². The molecule has 5 N–H and O–H groups in total. The van der Waals surface area contributed by atoms with E-state index >= 15 is 0 Å². The zero-order valence-corrected chi connectivity index (χ0v) is 35.4. The summed E-state index contributed by atoms with van der Waals surface area (Å²) in [6, 6.07) is 21.5. The van der Waals surface area contributed by atoms with Gasteiger partial charge in [-0.25, -0.2) is 22.1 Å². The Morgan fingerprint density at radius 2 is 1.23 bits per heavy atom. The quantitative estimate of drug-likeness (QED) is 0.0198. The first-order chi connectivity index (χ1) is 29.1. The van der Waals surface area contributed by atoms with Crippen molar-refractivity contribution in [2.45, 2.75) is 50.7 Å². The highest BCUT2D eigenvalue weighted by Gasteiger charge is 2.33. The smallest absolute Gasteiger partial charge is 0.481 e. The molecule has 0 saturated carbocycles. The number of carboxylic acid groups (broad SMARTS) is 1. The number of rotatable bonds is 10. The van der Waals surface area contributed by atoms with Crippen molar-refractivity contribution in [3.8, 4) is 11.5 Å². The molecule has 4 heterocycles. The molecule has 2 aromatic heterocycles. The number of benzene rings is 4. The van der Waals surface area contributed by atoms with Crippen LogP contribution in [0.1, 0.15) is 45.7 Å². The van der Waals surface area contributed by atoms with Crippen molar-refractivity contribution in [2.75, 3.05) is 0 Å². The Labute approximate surface area is 364 Å². The van der Waals surface area contributed by atoms with E-state index < -0.39 is 42.9 Å². The number of aromatic amines is 2. The summed E-state index contributed by atoms with van der Waals surface area (Å²) >= 11 is 21.8. The van der Waals surface area contributed by atoms with Crippen LogP contribution in [-0.4, -0.2) is 30.2 Å². The van der Waals surface area contributed by atoms with Gasteiger partial charge in [0, 0.05) is 69.5 Å². The number of fused-ring (bicyclic) bond motifs is 2. The van der Waals surface area contributed by atoms with Crippen molar-refractivity contribution in [1.82, 2.24) is 19.1 Å². The van der Waals surface area contributed by atoms with Gasteiger partial charge in [0.2, 0.25) is 0 Å². The van der Waals surface area contributed by atoms with Crippen molar-refractivity contribution < 1.29 is 41.1 Å². The number of halogens is 6. The standard InChI is InChI=1S/C14H11ClF2N2O2S.C13H12ClF2N3S.C12H10N3O3P/c15-7-1-2-8(16)12(13(7)17)6-3-10-9(4-11(20)21)18-14(22)19(10)5-6;14-7-1-2-8(15)11(12(7)16)6-3-10-9(4-17)18-13(20)19(10)5-6;13-14-15-19(16,17-11-7-3-1-4-8-11)18-12-9-5-2-6-10-12/h1-2,6H,3-5H2,(H,18,22)(H,20,21);1-2,6H,3-5,17H2,(H,18,20);1-10H/t2*6-;/m11./s1. The van der Waals surface area contributed by atoms with Crippen LogP contribution in [0.4, 0.5) is 17.6 Å². The predicted molar refractivity (Wildman–Crippen MR) is 225 cm³/mol. The second-order valence-electron chi connectivity index (χ2n) is 13.5. The fraction of sp³-hybridized carbons (Fsp3) is 0.205. The molecule has 0 saturated heterocycles. The molecule has 0 unspecified atom stereocenters. The number of aliphatic carboxylic acids is 1. The molecule has 0 bridgehead atoms. The number of nitrogens with two attached hydrogens (primary N) is 1. The van der Waals surface area contributed by atoms with E-state index in [1.165, 1.54) is 18.2 Å². The van der Waals surface area contributed by atoms with Crippen LogP contribution in [0.25, 0.3) is 10.4 Å².